The van der Waals surface area contributed by atoms with Crippen molar-refractivity contribution in [2.24, 2.45) is 0 Å². The molecule has 0 aliphatic heterocycles. The Labute approximate surface area is 160 Å². The fraction of sp³-hybridized carbons (Fsp3) is 0.120. The highest BCUT2D eigenvalue weighted by atomic mass is 35.5. The lowest BCUT2D eigenvalue weighted by molar-refractivity contribution is 1.42. The third kappa shape index (κ3) is 4.37. The minimum Gasteiger partial charge on any atom is -0.0826 e. The second-order valence-corrected chi connectivity index (χ2v) is 6.71. The zero-order valence-corrected chi connectivity index (χ0v) is 15.9. The van der Waals surface area contributed by atoms with Crippen molar-refractivity contribution in [3.8, 4) is 23.7 Å². The molecule has 0 radical (unpaired) electrons. The fourth-order valence-corrected chi connectivity index (χ4v) is 2.68. The summed E-state index contributed by atoms with van der Waals surface area (Å²) >= 11 is 6.52. The van der Waals surface area contributed by atoms with Crippen LogP contribution in [-0.4, -0.2) is 0 Å². The van der Waals surface area contributed by atoms with Crippen molar-refractivity contribution >= 4 is 11.6 Å². The lowest BCUT2D eigenvalue weighted by Gasteiger charge is -2.04. The molecule has 0 atom stereocenters. The van der Waals surface area contributed by atoms with Crippen LogP contribution >= 0.6 is 11.6 Å². The van der Waals surface area contributed by atoms with Crippen LogP contribution in [0.25, 0.3) is 0 Å². The first-order valence-electron chi connectivity index (χ1n) is 8.49. The van der Waals surface area contributed by atoms with Gasteiger partial charge in [0.1, 0.15) is 0 Å². The van der Waals surface area contributed by atoms with E-state index in [4.69, 9.17) is 11.6 Å². The standard InChI is InChI=1S/C25H19Cl/c1-18-4-8-21(9-5-18)12-14-23-16-17-24(25(26)20(23)3)15-13-22-10-6-19(2)7-11-22/h4-11,16-17H,1-3H3. The van der Waals surface area contributed by atoms with Gasteiger partial charge >= 0.3 is 0 Å². The zero-order valence-electron chi connectivity index (χ0n) is 15.2. The molecule has 0 spiro atoms. The largest absolute Gasteiger partial charge is 0.0826 e. The molecule has 0 amide bonds. The Hall–Kier alpha value is -2.93. The topological polar surface area (TPSA) is 0 Å². The summed E-state index contributed by atoms with van der Waals surface area (Å²) < 4.78 is 0. The summed E-state index contributed by atoms with van der Waals surface area (Å²) in [5.41, 5.74) is 7.14. The maximum absolute atomic E-state index is 6.52. The van der Waals surface area contributed by atoms with Crippen LogP contribution in [0.1, 0.15) is 38.9 Å². The Bertz CT molecular complexity index is 959. The molecule has 0 unspecified atom stereocenters. The summed E-state index contributed by atoms with van der Waals surface area (Å²) in [6.45, 7) is 6.11. The van der Waals surface area contributed by atoms with Crippen molar-refractivity contribution in [1.82, 2.24) is 0 Å². The van der Waals surface area contributed by atoms with E-state index >= 15 is 0 Å². The number of hydrogen-bond donors (Lipinski definition) is 0. The molecule has 0 aliphatic carbocycles. The van der Waals surface area contributed by atoms with E-state index in [-0.39, 0.29) is 0 Å². The zero-order chi connectivity index (χ0) is 18.5. The molecule has 0 bridgehead atoms. The predicted octanol–water partition coefficient (Wildman–Crippen LogP) is 6.06. The van der Waals surface area contributed by atoms with Gasteiger partial charge in [0.25, 0.3) is 0 Å². The van der Waals surface area contributed by atoms with E-state index in [1.165, 1.54) is 11.1 Å². The number of rotatable bonds is 0. The smallest absolute Gasteiger partial charge is 0.0604 e. The normalized spacial score (nSPS) is 9.69. The molecule has 0 saturated heterocycles. The van der Waals surface area contributed by atoms with E-state index in [0.717, 1.165) is 27.8 Å². The fourth-order valence-electron chi connectivity index (χ4n) is 2.47. The Balaban J connectivity index is 1.87. The van der Waals surface area contributed by atoms with Crippen LogP contribution in [0.4, 0.5) is 0 Å². The highest BCUT2D eigenvalue weighted by molar-refractivity contribution is 6.32. The van der Waals surface area contributed by atoms with Gasteiger partial charge in [-0.2, -0.15) is 0 Å². The highest BCUT2D eigenvalue weighted by Gasteiger charge is 2.05. The lowest BCUT2D eigenvalue weighted by Crippen LogP contribution is -1.88. The van der Waals surface area contributed by atoms with Crippen LogP contribution in [0, 0.1) is 44.5 Å². The molecule has 3 rings (SSSR count). The van der Waals surface area contributed by atoms with Crippen molar-refractivity contribution in [3.63, 3.8) is 0 Å². The van der Waals surface area contributed by atoms with Gasteiger partial charge in [-0.3, -0.25) is 0 Å². The number of benzene rings is 3. The van der Waals surface area contributed by atoms with Gasteiger partial charge in [-0.25, -0.2) is 0 Å². The molecular formula is C25H19Cl. The van der Waals surface area contributed by atoms with E-state index in [2.05, 4.69) is 61.8 Å². The van der Waals surface area contributed by atoms with Gasteiger partial charge in [0.05, 0.1) is 5.02 Å². The summed E-state index contributed by atoms with van der Waals surface area (Å²) in [6.07, 6.45) is 0. The van der Waals surface area contributed by atoms with E-state index in [9.17, 15) is 0 Å². The number of aryl methyl sites for hydroxylation is 2. The second kappa shape index (κ2) is 7.97. The number of halogens is 1. The first kappa shape index (κ1) is 17.9. The van der Waals surface area contributed by atoms with E-state index in [1.807, 2.05) is 43.3 Å². The van der Waals surface area contributed by atoms with Crippen LogP contribution in [0.5, 0.6) is 0 Å². The van der Waals surface area contributed by atoms with Gasteiger partial charge in [-0.15, -0.1) is 0 Å². The molecule has 26 heavy (non-hydrogen) atoms. The molecule has 0 saturated carbocycles. The molecule has 126 valence electrons. The minimum absolute atomic E-state index is 0.667. The summed E-state index contributed by atoms with van der Waals surface area (Å²) in [5, 5.41) is 0.667. The third-order valence-electron chi connectivity index (χ3n) is 4.17. The maximum atomic E-state index is 6.52. The molecule has 0 nitrogen and oxygen atoms in total. The molecule has 0 fully saturated rings. The molecule has 0 aromatic heterocycles. The van der Waals surface area contributed by atoms with Gasteiger partial charge in [-0.1, -0.05) is 70.7 Å². The summed E-state index contributed by atoms with van der Waals surface area (Å²) in [7, 11) is 0. The van der Waals surface area contributed by atoms with Crippen molar-refractivity contribution in [2.45, 2.75) is 20.8 Å². The maximum Gasteiger partial charge on any atom is 0.0604 e. The SMILES string of the molecule is Cc1ccc(C#Cc2ccc(C#Cc3ccc(C)cc3)c(Cl)c2C)cc1. The van der Waals surface area contributed by atoms with Gasteiger partial charge < -0.3 is 0 Å². The summed E-state index contributed by atoms with van der Waals surface area (Å²) in [5.74, 6) is 12.7. The Morgan fingerprint density at radius 3 is 1.46 bits per heavy atom. The summed E-state index contributed by atoms with van der Waals surface area (Å²) in [6, 6.07) is 20.3. The van der Waals surface area contributed by atoms with E-state index in [1.54, 1.807) is 0 Å². The predicted molar refractivity (Wildman–Crippen MR) is 111 cm³/mol. The highest BCUT2D eigenvalue weighted by Crippen LogP contribution is 2.23. The van der Waals surface area contributed by atoms with Gasteiger partial charge in [0.15, 0.2) is 0 Å². The second-order valence-electron chi connectivity index (χ2n) is 6.33. The van der Waals surface area contributed by atoms with Crippen molar-refractivity contribution in [2.75, 3.05) is 0 Å². The van der Waals surface area contributed by atoms with E-state index < -0.39 is 0 Å². The van der Waals surface area contributed by atoms with Crippen LogP contribution in [0.15, 0.2) is 60.7 Å². The molecule has 3 aromatic carbocycles. The van der Waals surface area contributed by atoms with Crippen LogP contribution < -0.4 is 0 Å². The molecule has 0 aliphatic rings. The van der Waals surface area contributed by atoms with Gasteiger partial charge in [0, 0.05) is 22.3 Å². The first-order valence-corrected chi connectivity index (χ1v) is 8.87. The molecule has 0 N–H and O–H groups in total. The van der Waals surface area contributed by atoms with Crippen LogP contribution in [0.2, 0.25) is 5.02 Å². The van der Waals surface area contributed by atoms with Crippen molar-refractivity contribution < 1.29 is 0 Å². The molecular weight excluding hydrogens is 336 g/mol. The summed E-state index contributed by atoms with van der Waals surface area (Å²) in [4.78, 5) is 0. The van der Waals surface area contributed by atoms with Crippen LogP contribution in [-0.2, 0) is 0 Å². The minimum atomic E-state index is 0.667. The monoisotopic (exact) mass is 354 g/mol. The molecule has 0 heterocycles. The van der Waals surface area contributed by atoms with E-state index in [0.29, 0.717) is 5.02 Å². The Morgan fingerprint density at radius 1 is 0.538 bits per heavy atom. The average Bonchev–Trinajstić information content (AvgIpc) is 2.65. The Morgan fingerprint density at radius 2 is 0.962 bits per heavy atom. The Kier molecular flexibility index (Phi) is 5.48. The van der Waals surface area contributed by atoms with Crippen molar-refractivity contribution in [3.05, 3.63) is 105 Å². The van der Waals surface area contributed by atoms with Gasteiger partial charge in [-0.05, 0) is 62.7 Å². The lowest BCUT2D eigenvalue weighted by atomic mass is 10.0. The van der Waals surface area contributed by atoms with Crippen LogP contribution in [0.3, 0.4) is 0 Å². The van der Waals surface area contributed by atoms with Gasteiger partial charge in [0.2, 0.25) is 0 Å². The number of hydrogen-bond acceptors (Lipinski definition) is 0. The third-order valence-corrected chi connectivity index (χ3v) is 4.66. The first-order chi connectivity index (χ1) is 12.5. The quantitative estimate of drug-likeness (QED) is 0.430. The molecule has 1 heteroatoms. The average molecular weight is 355 g/mol. The molecule has 3 aromatic rings. The van der Waals surface area contributed by atoms with Crippen molar-refractivity contribution in [1.29, 1.82) is 0 Å².